The zero-order valence-corrected chi connectivity index (χ0v) is 20.1. The van der Waals surface area contributed by atoms with Crippen LogP contribution in [0.4, 0.5) is 0 Å². The number of guanidine groups is 1. The van der Waals surface area contributed by atoms with E-state index in [0.717, 1.165) is 24.7 Å². The number of piperazine rings is 1. The molecule has 0 unspecified atom stereocenters. The lowest BCUT2D eigenvalue weighted by molar-refractivity contribution is 0.0904. The predicted octanol–water partition coefficient (Wildman–Crippen LogP) is 1.78. The van der Waals surface area contributed by atoms with E-state index in [1.807, 2.05) is 32.9 Å². The van der Waals surface area contributed by atoms with Crippen LogP contribution in [0.5, 0.6) is 0 Å². The first-order valence-electron chi connectivity index (χ1n) is 9.57. The molecule has 0 amide bonds. The van der Waals surface area contributed by atoms with Crippen molar-refractivity contribution in [1.82, 2.24) is 14.5 Å². The lowest BCUT2D eigenvalue weighted by Gasteiger charge is -2.35. The molecule has 1 aliphatic heterocycles. The van der Waals surface area contributed by atoms with Crippen molar-refractivity contribution >= 4 is 40.0 Å². The Labute approximate surface area is 185 Å². The van der Waals surface area contributed by atoms with E-state index in [1.54, 1.807) is 10.6 Å². The second-order valence-corrected chi connectivity index (χ2v) is 8.78. The summed E-state index contributed by atoms with van der Waals surface area (Å²) in [7, 11) is -3.28. The zero-order chi connectivity index (χ0) is 19.7. The van der Waals surface area contributed by atoms with Gasteiger partial charge in [-0.3, -0.25) is 4.99 Å². The molecule has 10 heteroatoms. The fourth-order valence-corrected chi connectivity index (χ4v) is 4.13. The number of hydrogen-bond acceptors (Lipinski definition) is 5. The quantitative estimate of drug-likeness (QED) is 0.299. The van der Waals surface area contributed by atoms with Gasteiger partial charge >= 0.3 is 0 Å². The van der Waals surface area contributed by atoms with Gasteiger partial charge in [0, 0.05) is 45.7 Å². The van der Waals surface area contributed by atoms with E-state index in [-0.39, 0.29) is 42.4 Å². The van der Waals surface area contributed by atoms with E-state index in [0.29, 0.717) is 32.7 Å². The van der Waals surface area contributed by atoms with Crippen LogP contribution in [0.2, 0.25) is 0 Å². The highest BCUT2D eigenvalue weighted by atomic mass is 127. The van der Waals surface area contributed by atoms with Crippen molar-refractivity contribution in [3.8, 4) is 0 Å². The number of hydrogen-bond donors (Lipinski definition) is 1. The molecular weight excluding hydrogens is 495 g/mol. The average Bonchev–Trinajstić information content (AvgIpc) is 3.14. The van der Waals surface area contributed by atoms with Crippen LogP contribution in [0.25, 0.3) is 0 Å². The van der Waals surface area contributed by atoms with Crippen LogP contribution < -0.4 is 5.32 Å². The van der Waals surface area contributed by atoms with Gasteiger partial charge in [0.1, 0.15) is 5.76 Å². The van der Waals surface area contributed by atoms with Gasteiger partial charge in [0.05, 0.1) is 24.7 Å². The number of sulfonamides is 1. The standard InChI is InChI=1S/C18H32N4O4S.HI/c1-4-19-18(20-8-7-17-6-5-13-26-17)21-9-11-22(12-10-21)27(23,24)15-14-25-16(2)3;/h5-6,13,16H,4,7-12,14-15H2,1-3H3,(H,19,20);1H. The monoisotopic (exact) mass is 528 g/mol. The topological polar surface area (TPSA) is 87.4 Å². The first kappa shape index (κ1) is 25.2. The van der Waals surface area contributed by atoms with Crippen molar-refractivity contribution in [3.63, 3.8) is 0 Å². The summed E-state index contributed by atoms with van der Waals surface area (Å²) in [5.41, 5.74) is 0. The minimum atomic E-state index is -3.28. The molecule has 0 atom stereocenters. The molecule has 28 heavy (non-hydrogen) atoms. The summed E-state index contributed by atoms with van der Waals surface area (Å²) in [6.45, 7) is 9.63. The maximum absolute atomic E-state index is 12.4. The van der Waals surface area contributed by atoms with Crippen LogP contribution in [-0.2, 0) is 21.2 Å². The number of ether oxygens (including phenoxy) is 1. The number of aliphatic imine (C=N–C) groups is 1. The number of nitrogens with zero attached hydrogens (tertiary/aromatic N) is 3. The number of rotatable bonds is 9. The van der Waals surface area contributed by atoms with Gasteiger partial charge in [-0.05, 0) is 32.9 Å². The highest BCUT2D eigenvalue weighted by Gasteiger charge is 2.27. The Balaban J connectivity index is 0.00000392. The molecule has 8 nitrogen and oxygen atoms in total. The van der Waals surface area contributed by atoms with Crippen molar-refractivity contribution in [2.24, 2.45) is 4.99 Å². The van der Waals surface area contributed by atoms with Crippen LogP contribution in [-0.4, -0.2) is 81.3 Å². The Morgan fingerprint density at radius 3 is 2.61 bits per heavy atom. The van der Waals surface area contributed by atoms with Crippen LogP contribution in [0.1, 0.15) is 26.5 Å². The number of nitrogens with one attached hydrogen (secondary N) is 1. The lowest BCUT2D eigenvalue weighted by atomic mass is 10.3. The molecular formula is C18H33IN4O4S. The molecule has 0 spiro atoms. The largest absolute Gasteiger partial charge is 0.469 e. The van der Waals surface area contributed by atoms with Gasteiger partial charge in [-0.2, -0.15) is 4.31 Å². The van der Waals surface area contributed by atoms with Gasteiger partial charge in [0.2, 0.25) is 10.0 Å². The van der Waals surface area contributed by atoms with Crippen molar-refractivity contribution < 1.29 is 17.6 Å². The molecule has 1 aliphatic rings. The highest BCUT2D eigenvalue weighted by Crippen LogP contribution is 2.09. The third kappa shape index (κ3) is 8.26. The summed E-state index contributed by atoms with van der Waals surface area (Å²) in [6, 6.07) is 3.81. The van der Waals surface area contributed by atoms with E-state index in [2.05, 4.69) is 15.2 Å². The van der Waals surface area contributed by atoms with Crippen molar-refractivity contribution in [1.29, 1.82) is 0 Å². The molecule has 2 rings (SSSR count). The summed E-state index contributed by atoms with van der Waals surface area (Å²) in [6.07, 6.45) is 2.44. The second kappa shape index (κ2) is 12.7. The lowest BCUT2D eigenvalue weighted by Crippen LogP contribution is -2.54. The normalized spacial score (nSPS) is 16.3. The van der Waals surface area contributed by atoms with Crippen molar-refractivity contribution in [3.05, 3.63) is 24.2 Å². The third-order valence-corrected chi connectivity index (χ3v) is 6.09. The van der Waals surface area contributed by atoms with Gasteiger partial charge in [0.25, 0.3) is 0 Å². The van der Waals surface area contributed by atoms with Gasteiger partial charge in [-0.15, -0.1) is 24.0 Å². The summed E-state index contributed by atoms with van der Waals surface area (Å²) >= 11 is 0. The highest BCUT2D eigenvalue weighted by molar-refractivity contribution is 14.0. The molecule has 0 aromatic carbocycles. The molecule has 0 bridgehead atoms. The Morgan fingerprint density at radius 2 is 2.04 bits per heavy atom. The molecule has 162 valence electrons. The molecule has 1 saturated heterocycles. The molecule has 1 aromatic heterocycles. The fraction of sp³-hybridized carbons (Fsp3) is 0.722. The van der Waals surface area contributed by atoms with Gasteiger partial charge in [0.15, 0.2) is 5.96 Å². The predicted molar refractivity (Wildman–Crippen MR) is 122 cm³/mol. The Bertz CT molecular complexity index is 672. The first-order chi connectivity index (χ1) is 12.9. The Kier molecular flexibility index (Phi) is 11.4. The van der Waals surface area contributed by atoms with Crippen LogP contribution in [0.3, 0.4) is 0 Å². The summed E-state index contributed by atoms with van der Waals surface area (Å²) in [5, 5.41) is 3.29. The smallest absolute Gasteiger partial charge is 0.216 e. The van der Waals surface area contributed by atoms with Crippen LogP contribution >= 0.6 is 24.0 Å². The first-order valence-corrected chi connectivity index (χ1v) is 11.2. The zero-order valence-electron chi connectivity index (χ0n) is 17.0. The summed E-state index contributed by atoms with van der Waals surface area (Å²) in [4.78, 5) is 6.77. The fourth-order valence-electron chi connectivity index (χ4n) is 2.85. The third-order valence-electron chi connectivity index (χ3n) is 4.26. The summed E-state index contributed by atoms with van der Waals surface area (Å²) in [5.74, 6) is 1.76. The second-order valence-electron chi connectivity index (χ2n) is 6.69. The Hall–Kier alpha value is -0.850. The minimum Gasteiger partial charge on any atom is -0.469 e. The maximum Gasteiger partial charge on any atom is 0.216 e. The Morgan fingerprint density at radius 1 is 1.32 bits per heavy atom. The SMILES string of the molecule is CCNC(=NCCc1ccco1)N1CCN(S(=O)(=O)CCOC(C)C)CC1.I. The molecule has 1 aromatic rings. The summed E-state index contributed by atoms with van der Waals surface area (Å²) < 4.78 is 37.2. The number of furan rings is 1. The van der Waals surface area contributed by atoms with Gasteiger partial charge < -0.3 is 19.4 Å². The van der Waals surface area contributed by atoms with Gasteiger partial charge in [-0.25, -0.2) is 8.42 Å². The van der Waals surface area contributed by atoms with Crippen molar-refractivity contribution in [2.75, 3.05) is 51.6 Å². The molecule has 0 aliphatic carbocycles. The van der Waals surface area contributed by atoms with E-state index >= 15 is 0 Å². The van der Waals surface area contributed by atoms with Crippen LogP contribution in [0.15, 0.2) is 27.8 Å². The molecule has 0 saturated carbocycles. The van der Waals surface area contributed by atoms with E-state index in [1.165, 1.54) is 0 Å². The molecule has 1 N–H and O–H groups in total. The average molecular weight is 528 g/mol. The minimum absolute atomic E-state index is 0. The molecule has 1 fully saturated rings. The van der Waals surface area contributed by atoms with Crippen molar-refractivity contribution in [2.45, 2.75) is 33.3 Å². The molecule has 0 radical (unpaired) electrons. The molecule has 2 heterocycles. The van der Waals surface area contributed by atoms with Gasteiger partial charge in [-0.1, -0.05) is 0 Å². The van der Waals surface area contributed by atoms with E-state index in [9.17, 15) is 8.42 Å². The van der Waals surface area contributed by atoms with E-state index in [4.69, 9.17) is 9.15 Å². The van der Waals surface area contributed by atoms with Crippen LogP contribution in [0, 0.1) is 0 Å². The maximum atomic E-state index is 12.4. The van der Waals surface area contributed by atoms with E-state index < -0.39 is 10.0 Å². The number of halogens is 1.